The largest absolute Gasteiger partial charge is 0.393 e. The van der Waals surface area contributed by atoms with Gasteiger partial charge in [-0.25, -0.2) is 0 Å². The molecule has 0 bridgehead atoms. The summed E-state index contributed by atoms with van der Waals surface area (Å²) in [7, 11) is 0. The lowest BCUT2D eigenvalue weighted by molar-refractivity contribution is -0.215. The Morgan fingerprint density at radius 3 is 1.72 bits per heavy atom. The summed E-state index contributed by atoms with van der Waals surface area (Å²) >= 11 is 0. The highest BCUT2D eigenvalue weighted by Crippen LogP contribution is 2.37. The molecule has 46 N–H and O–H groups in total. The summed E-state index contributed by atoms with van der Waals surface area (Å²) in [6.45, 7) is 10.4. The topological polar surface area (TPSA) is 770 Å². The van der Waals surface area contributed by atoms with E-state index in [2.05, 4.69) is 97.4 Å². The van der Waals surface area contributed by atoms with E-state index >= 15 is 0 Å². The lowest BCUT2D eigenvalue weighted by atomic mass is 9.75. The quantitative estimate of drug-likeness (QED) is 0.0117. The molecule has 7 aliphatic rings. The van der Waals surface area contributed by atoms with E-state index in [0.717, 1.165) is 108 Å². The third-order valence-corrected chi connectivity index (χ3v) is 30.8. The Morgan fingerprint density at radius 1 is 0.556 bits per heavy atom. The molecule has 4 saturated heterocycles. The molecule has 47 nitrogen and oxygen atoms in total. The summed E-state index contributed by atoms with van der Waals surface area (Å²) < 4.78 is 5.37. The molecule has 0 spiro atoms. The summed E-state index contributed by atoms with van der Waals surface area (Å²) in [5.41, 5.74) is 47.5. The molecule has 144 heavy (non-hydrogen) atoms. The number of amides is 1. The molecule has 0 aromatic rings. The molecule has 47 heteroatoms. The Hall–Kier alpha value is -2.62. The molecule has 7 rings (SSSR count). The fraction of sp³-hybridized carbons (Fsp3) is 0.979. The molecular weight excluding hydrogens is 1870 g/mol. The van der Waals surface area contributed by atoms with Gasteiger partial charge < -0.3 is 142 Å². The van der Waals surface area contributed by atoms with Crippen LogP contribution in [0.3, 0.4) is 0 Å². The fourth-order valence-electron chi connectivity index (χ4n) is 21.7. The van der Waals surface area contributed by atoms with Crippen LogP contribution in [0.2, 0.25) is 0 Å². The number of unbranched alkanes of at least 4 members (excludes halogenated alkanes) is 12. The first-order valence-corrected chi connectivity index (χ1v) is 55.3. The lowest BCUT2D eigenvalue weighted by Gasteiger charge is -2.43. The highest BCUT2D eigenvalue weighted by Gasteiger charge is 2.48. The van der Waals surface area contributed by atoms with Gasteiger partial charge in [-0.2, -0.15) is 5.48 Å². The van der Waals surface area contributed by atoms with Crippen LogP contribution in [0.4, 0.5) is 0 Å². The standard InChI is InChI=1S/C97H204N26O21/c1-6-60(4)108-80(101)38-22-17-15-13-11-9-8-10-12-14-16-18-23-39-82(128)120-144-58-143-97(142)106-44-26-34-68(78(125)7-2)109-86(132)69(35-27-47-121(61(5)124)56-83(129)130)110-90(136)74(52-63-53-79(63)126)116-88(134)71(43-46-105-96(102)103)112-93(139)76-36-28-48-122(76)94(140)77-37-29-49-123(77)95(141)84-117-81(127)41-40-67(100)85(131)113-75(54-64-55-107-119-64)91(137)115-73(51-62-30-20-19-21-31-62)89(135)111-70(42-45-104-57-98)87(133)114-72(92(138)118-84)50-59(3)65-32-24-25-33-66(65)99/h59,61-80,82-97,104-107,109-116,118-120,124-126,128-142H,6-58,98-103H2,1-5H3,(H,117,127). The predicted molar refractivity (Wildman–Crippen MR) is 550 cm³/mol. The van der Waals surface area contributed by atoms with Gasteiger partial charge in [-0.15, -0.1) is 0 Å². The van der Waals surface area contributed by atoms with Gasteiger partial charge in [0.15, 0.2) is 13.1 Å². The van der Waals surface area contributed by atoms with Crippen molar-refractivity contribution in [3.63, 3.8) is 0 Å². The molecule has 4 heterocycles. The summed E-state index contributed by atoms with van der Waals surface area (Å²) in [5.74, 6) is -0.948. The molecule has 34 atom stereocenters. The van der Waals surface area contributed by atoms with Crippen LogP contribution in [0.5, 0.6) is 0 Å². The van der Waals surface area contributed by atoms with E-state index in [1.807, 2.05) is 13.8 Å². The number of likely N-dealkylation sites (tertiary alicyclic amines) is 2. The van der Waals surface area contributed by atoms with E-state index < -0.39 is 197 Å². The van der Waals surface area contributed by atoms with Gasteiger partial charge in [-0.05, 0) is 211 Å². The molecule has 34 unspecified atom stereocenters. The lowest BCUT2D eigenvalue weighted by Crippen LogP contribution is -2.68. The maximum Gasteiger partial charge on any atom is 0.221 e. The van der Waals surface area contributed by atoms with E-state index in [9.17, 15) is 96.7 Å². The molecule has 3 saturated carbocycles. The maximum atomic E-state index is 14.7. The number of nitrogens with two attached hydrogens (primary N) is 6. The minimum Gasteiger partial charge on any atom is -0.393 e. The van der Waals surface area contributed by atoms with Crippen molar-refractivity contribution in [1.82, 2.24) is 100 Å². The molecule has 4 aliphatic heterocycles. The van der Waals surface area contributed by atoms with E-state index in [-0.39, 0.29) is 159 Å². The number of aliphatic hydroxyl groups excluding tert-OH is 17. The van der Waals surface area contributed by atoms with Crippen molar-refractivity contribution in [2.24, 2.45) is 63.1 Å². The monoisotopic (exact) mass is 2070 g/mol. The molecule has 3 aliphatic carbocycles. The number of aliphatic hydroxyl groups is 18. The van der Waals surface area contributed by atoms with E-state index in [1.165, 1.54) is 63.2 Å². The number of aliphatic imine (C=N–C) groups is 1. The summed E-state index contributed by atoms with van der Waals surface area (Å²) in [6, 6.07) is -10.8. The normalized spacial score (nSPS) is 30.5. The van der Waals surface area contributed by atoms with Gasteiger partial charge in [0.25, 0.3) is 0 Å². The number of hydroxylamine groups is 1. The number of nitrogens with zero attached hydrogens (tertiary/aromatic N) is 4. The SMILES string of the molecule is CCC(C)=NC(N)CCCCCCCCCCCCCCCC(O)NOCOC(O)NCCCC(NC(O)C(CCCN(CC(O)O)C(C)O)NC(O)C(CC1CC1O)NC(O)C(CCNC(N)N)NC(O)C1CCCN1C(O)C1CCCN1C(O)C1NC(=O)CCC(N)C(O)NC(CC2CNN2)C(O)NC(CC2CCCCC2)C(O)NC(CCNCN)C(O)NC(CC(C)C2CCCCC2N)C(O)N1)C(O)CC. The third-order valence-electron chi connectivity index (χ3n) is 30.8. The first kappa shape index (κ1) is 128. The van der Waals surface area contributed by atoms with E-state index in [1.54, 1.807) is 16.7 Å². The number of ether oxygens (including phenoxy) is 1. The number of hydrogen-bond acceptors (Lipinski definition) is 46. The van der Waals surface area contributed by atoms with Crippen molar-refractivity contribution in [2.75, 3.05) is 65.8 Å². The zero-order valence-electron chi connectivity index (χ0n) is 87.4. The molecule has 0 radical (unpaired) electrons. The van der Waals surface area contributed by atoms with Gasteiger partial charge in [-0.3, -0.25) is 98.7 Å². The van der Waals surface area contributed by atoms with Crippen LogP contribution in [-0.4, -0.2) is 387 Å². The van der Waals surface area contributed by atoms with Crippen LogP contribution >= 0.6 is 0 Å². The Labute approximate surface area is 856 Å². The number of hydrogen-bond donors (Lipinski definition) is 40. The first-order valence-electron chi connectivity index (χ1n) is 55.3. The summed E-state index contributed by atoms with van der Waals surface area (Å²) in [4.78, 5) is 29.3. The Kier molecular flexibility index (Phi) is 63.6. The van der Waals surface area contributed by atoms with Crippen molar-refractivity contribution in [2.45, 2.75) is 514 Å². The van der Waals surface area contributed by atoms with Crippen molar-refractivity contribution < 1.29 is 106 Å². The highest BCUT2D eigenvalue weighted by atomic mass is 16.8. The first-order chi connectivity index (χ1) is 69.0. The van der Waals surface area contributed by atoms with Crippen molar-refractivity contribution >= 4 is 11.6 Å². The summed E-state index contributed by atoms with van der Waals surface area (Å²) in [5, 5.41) is 253. The average Bonchev–Trinajstić information content (AvgIpc) is 1.64. The second kappa shape index (κ2) is 71.4. The van der Waals surface area contributed by atoms with Crippen LogP contribution in [0.15, 0.2) is 4.99 Å². The van der Waals surface area contributed by atoms with Crippen LogP contribution < -0.4 is 120 Å². The molecule has 1 amide bonds. The van der Waals surface area contributed by atoms with E-state index in [4.69, 9.17) is 44.0 Å². The van der Waals surface area contributed by atoms with Crippen LogP contribution in [-0.2, 0) is 14.4 Å². The minimum atomic E-state index is -1.79. The van der Waals surface area contributed by atoms with Crippen molar-refractivity contribution in [3.8, 4) is 0 Å². The maximum absolute atomic E-state index is 14.7. The molecular formula is C97H204N26O21. The Morgan fingerprint density at radius 2 is 1.11 bits per heavy atom. The number of carbonyl (C=O) groups is 1. The zero-order chi connectivity index (χ0) is 105. The molecule has 848 valence electrons. The Balaban J connectivity index is 1.01. The number of carbonyl (C=O) groups excluding carboxylic acids is 1. The van der Waals surface area contributed by atoms with Gasteiger partial charge in [-0.1, -0.05) is 136 Å². The van der Waals surface area contributed by atoms with Gasteiger partial charge >= 0.3 is 0 Å². The number of nitrogens with one attached hydrogen (secondary N) is 16. The smallest absolute Gasteiger partial charge is 0.221 e. The molecule has 0 aromatic heterocycles. The second-order valence-corrected chi connectivity index (χ2v) is 42.6. The van der Waals surface area contributed by atoms with Gasteiger partial charge in [0.05, 0.1) is 43.0 Å². The average molecular weight is 2070 g/mol. The number of rotatable bonds is 70. The van der Waals surface area contributed by atoms with Crippen molar-refractivity contribution in [1.29, 1.82) is 0 Å². The fourth-order valence-corrected chi connectivity index (χ4v) is 21.7. The van der Waals surface area contributed by atoms with Gasteiger partial charge in [0.1, 0.15) is 93.4 Å². The van der Waals surface area contributed by atoms with Gasteiger partial charge in [0, 0.05) is 105 Å². The van der Waals surface area contributed by atoms with Crippen LogP contribution in [0.1, 0.15) is 311 Å². The minimum absolute atomic E-state index is 0.0192. The number of hydrazine groups is 1. The third kappa shape index (κ3) is 48.6. The zero-order valence-corrected chi connectivity index (χ0v) is 87.4. The van der Waals surface area contributed by atoms with Crippen molar-refractivity contribution in [3.05, 3.63) is 0 Å². The highest BCUT2D eigenvalue weighted by molar-refractivity contribution is 5.81. The van der Waals surface area contributed by atoms with Crippen LogP contribution in [0, 0.1) is 23.7 Å². The second-order valence-electron chi connectivity index (χ2n) is 42.6. The van der Waals surface area contributed by atoms with E-state index in [0.29, 0.717) is 64.3 Å². The van der Waals surface area contributed by atoms with Gasteiger partial charge in [0.2, 0.25) is 12.3 Å². The molecule has 0 aromatic carbocycles. The molecule has 7 fully saturated rings. The summed E-state index contributed by atoms with van der Waals surface area (Å²) in [6.07, 6.45) is 3.28. The predicted octanol–water partition coefficient (Wildman–Crippen LogP) is -5.57. The van der Waals surface area contributed by atoms with Crippen LogP contribution in [0.25, 0.3) is 0 Å². The Bertz CT molecular complexity index is 3300.